The summed E-state index contributed by atoms with van der Waals surface area (Å²) in [4.78, 5) is 20.7. The molecule has 0 unspecified atom stereocenters. The van der Waals surface area contributed by atoms with Crippen LogP contribution >= 0.6 is 0 Å². The van der Waals surface area contributed by atoms with Gasteiger partial charge in [-0.2, -0.15) is 36.4 Å². The molecule has 0 aliphatic carbocycles. The van der Waals surface area contributed by atoms with E-state index in [1.54, 1.807) is 31.5 Å². The second kappa shape index (κ2) is 9.79. The SMILES string of the molecule is Cc1nc(Oc2ccc(NC(=O)Nc3cc(C(F)(F)F)cc(C(F)(F)F)c3)cc2)cc(-n2cccn2)n1. The third-order valence-corrected chi connectivity index (χ3v) is 4.72. The van der Waals surface area contributed by atoms with Gasteiger partial charge in [-0.25, -0.2) is 14.5 Å². The Morgan fingerprint density at radius 2 is 1.49 bits per heavy atom. The Balaban J connectivity index is 1.44. The maximum absolute atomic E-state index is 13.0. The highest BCUT2D eigenvalue weighted by atomic mass is 19.4. The molecule has 0 aliphatic rings. The molecule has 0 bridgehead atoms. The summed E-state index contributed by atoms with van der Waals surface area (Å²) in [7, 11) is 0. The average molecular weight is 522 g/mol. The number of alkyl halides is 6. The molecule has 4 rings (SSSR count). The van der Waals surface area contributed by atoms with Crippen LogP contribution in [0.2, 0.25) is 0 Å². The van der Waals surface area contributed by atoms with E-state index in [9.17, 15) is 31.1 Å². The fraction of sp³-hybridized carbons (Fsp3) is 0.130. The minimum atomic E-state index is -5.04. The number of hydrogen-bond acceptors (Lipinski definition) is 5. The summed E-state index contributed by atoms with van der Waals surface area (Å²) in [6.45, 7) is 1.67. The predicted molar refractivity (Wildman–Crippen MR) is 119 cm³/mol. The van der Waals surface area contributed by atoms with E-state index in [1.165, 1.54) is 28.9 Å². The minimum Gasteiger partial charge on any atom is -0.439 e. The number of carbonyl (C=O) groups excluding carboxylic acids is 1. The number of halogens is 6. The maximum atomic E-state index is 13.0. The van der Waals surface area contributed by atoms with Crippen molar-refractivity contribution in [2.45, 2.75) is 19.3 Å². The lowest BCUT2D eigenvalue weighted by atomic mass is 10.1. The molecule has 2 heterocycles. The van der Waals surface area contributed by atoms with Crippen molar-refractivity contribution in [2.24, 2.45) is 0 Å². The van der Waals surface area contributed by atoms with E-state index in [4.69, 9.17) is 4.74 Å². The van der Waals surface area contributed by atoms with Gasteiger partial charge < -0.3 is 15.4 Å². The molecule has 0 aliphatic heterocycles. The topological polar surface area (TPSA) is 94.0 Å². The Labute approximate surface area is 204 Å². The van der Waals surface area contributed by atoms with Gasteiger partial charge in [0, 0.05) is 29.8 Å². The van der Waals surface area contributed by atoms with Gasteiger partial charge >= 0.3 is 18.4 Å². The Morgan fingerprint density at radius 3 is 2.05 bits per heavy atom. The first-order valence-electron chi connectivity index (χ1n) is 10.4. The first kappa shape index (κ1) is 25.5. The Morgan fingerprint density at radius 1 is 0.865 bits per heavy atom. The monoisotopic (exact) mass is 522 g/mol. The van der Waals surface area contributed by atoms with Gasteiger partial charge in [0.2, 0.25) is 5.88 Å². The molecule has 0 spiro atoms. The summed E-state index contributed by atoms with van der Waals surface area (Å²) in [6.07, 6.45) is -6.79. The van der Waals surface area contributed by atoms with Crippen LogP contribution < -0.4 is 15.4 Å². The van der Waals surface area contributed by atoms with Crippen LogP contribution in [0.5, 0.6) is 11.6 Å². The number of rotatable bonds is 5. The van der Waals surface area contributed by atoms with Crippen molar-refractivity contribution in [1.29, 1.82) is 0 Å². The summed E-state index contributed by atoms with van der Waals surface area (Å²) in [5.41, 5.74) is -3.57. The number of benzene rings is 2. The summed E-state index contributed by atoms with van der Waals surface area (Å²) in [6, 6.07) is 8.83. The molecule has 8 nitrogen and oxygen atoms in total. The smallest absolute Gasteiger partial charge is 0.416 e. The van der Waals surface area contributed by atoms with Crippen LogP contribution in [0.4, 0.5) is 42.5 Å². The highest BCUT2D eigenvalue weighted by Crippen LogP contribution is 2.37. The number of amides is 2. The van der Waals surface area contributed by atoms with Crippen LogP contribution in [0.15, 0.2) is 67.0 Å². The number of urea groups is 1. The van der Waals surface area contributed by atoms with Crippen molar-refractivity contribution in [3.05, 3.63) is 83.9 Å². The first-order valence-corrected chi connectivity index (χ1v) is 10.4. The van der Waals surface area contributed by atoms with Crippen LogP contribution in [-0.4, -0.2) is 25.8 Å². The molecule has 14 heteroatoms. The molecular formula is C23H16F6N6O2. The van der Waals surface area contributed by atoms with E-state index < -0.39 is 35.2 Å². The first-order chi connectivity index (χ1) is 17.4. The zero-order valence-corrected chi connectivity index (χ0v) is 18.7. The third kappa shape index (κ3) is 6.54. The van der Waals surface area contributed by atoms with E-state index >= 15 is 0 Å². The van der Waals surface area contributed by atoms with E-state index in [1.807, 2.05) is 5.32 Å². The molecular weight excluding hydrogens is 506 g/mol. The highest BCUT2D eigenvalue weighted by molar-refractivity contribution is 5.99. The van der Waals surface area contributed by atoms with Gasteiger partial charge in [-0.05, 0) is 55.5 Å². The van der Waals surface area contributed by atoms with Gasteiger partial charge in [-0.15, -0.1) is 0 Å². The van der Waals surface area contributed by atoms with Gasteiger partial charge in [-0.3, -0.25) is 0 Å². The number of nitrogens with one attached hydrogen (secondary N) is 2. The summed E-state index contributed by atoms with van der Waals surface area (Å²) < 4.78 is 85.3. The molecule has 0 radical (unpaired) electrons. The summed E-state index contributed by atoms with van der Waals surface area (Å²) in [5, 5.41) is 8.41. The van der Waals surface area contributed by atoms with Gasteiger partial charge in [0.25, 0.3) is 0 Å². The fourth-order valence-corrected chi connectivity index (χ4v) is 3.15. The molecule has 37 heavy (non-hydrogen) atoms. The van der Waals surface area contributed by atoms with Gasteiger partial charge in [0.05, 0.1) is 11.1 Å². The molecule has 0 saturated heterocycles. The van der Waals surface area contributed by atoms with Crippen molar-refractivity contribution in [2.75, 3.05) is 10.6 Å². The predicted octanol–water partition coefficient (Wildman–Crippen LogP) is 6.44. The number of nitrogens with zero attached hydrogens (tertiary/aromatic N) is 4. The third-order valence-electron chi connectivity index (χ3n) is 4.72. The Kier molecular flexibility index (Phi) is 6.74. The van der Waals surface area contributed by atoms with E-state index in [2.05, 4.69) is 20.4 Å². The van der Waals surface area contributed by atoms with Crippen LogP contribution in [0.25, 0.3) is 5.82 Å². The second-order valence-electron chi connectivity index (χ2n) is 7.56. The number of hydrogen-bond donors (Lipinski definition) is 2. The van der Waals surface area contributed by atoms with Crippen molar-refractivity contribution < 1.29 is 35.9 Å². The molecule has 0 saturated carbocycles. The minimum absolute atomic E-state index is 0.0288. The molecule has 4 aromatic rings. The lowest BCUT2D eigenvalue weighted by Crippen LogP contribution is -2.20. The largest absolute Gasteiger partial charge is 0.439 e. The van der Waals surface area contributed by atoms with E-state index in [0.717, 1.165) is 0 Å². The fourth-order valence-electron chi connectivity index (χ4n) is 3.15. The Bertz CT molecular complexity index is 1370. The van der Waals surface area contributed by atoms with Crippen LogP contribution in [0, 0.1) is 6.92 Å². The highest BCUT2D eigenvalue weighted by Gasteiger charge is 2.37. The molecule has 2 aromatic heterocycles. The second-order valence-corrected chi connectivity index (χ2v) is 7.56. The number of carbonyl (C=O) groups is 1. The van der Waals surface area contributed by atoms with Crippen molar-refractivity contribution in [1.82, 2.24) is 19.7 Å². The van der Waals surface area contributed by atoms with Crippen LogP contribution in [0.3, 0.4) is 0 Å². The van der Waals surface area contributed by atoms with Gasteiger partial charge in [0.15, 0.2) is 5.82 Å². The summed E-state index contributed by atoms with van der Waals surface area (Å²) >= 11 is 0. The Hall–Kier alpha value is -4.62. The molecule has 0 atom stereocenters. The zero-order chi connectivity index (χ0) is 26.8. The van der Waals surface area contributed by atoms with Crippen LogP contribution in [0.1, 0.15) is 17.0 Å². The number of aromatic nitrogens is 4. The molecule has 2 aromatic carbocycles. The lowest BCUT2D eigenvalue weighted by Gasteiger charge is -2.15. The maximum Gasteiger partial charge on any atom is 0.416 e. The molecule has 2 amide bonds. The van der Waals surface area contributed by atoms with Gasteiger partial charge in [-0.1, -0.05) is 0 Å². The number of ether oxygens (including phenoxy) is 1. The average Bonchev–Trinajstić information content (AvgIpc) is 3.34. The molecule has 0 fully saturated rings. The van der Waals surface area contributed by atoms with Crippen molar-refractivity contribution in [3.8, 4) is 17.4 Å². The standard InChI is InChI=1S/C23H16F6N6O2/c1-13-31-19(35-8-2-7-30-35)12-20(32-13)37-18-5-3-16(4-6-18)33-21(36)34-17-10-14(22(24,25)26)9-15(11-17)23(27,28)29/h2-12H,1H3,(H2,33,34,36). The number of aryl methyl sites for hydroxylation is 1. The van der Waals surface area contributed by atoms with Crippen LogP contribution in [-0.2, 0) is 12.4 Å². The lowest BCUT2D eigenvalue weighted by molar-refractivity contribution is -0.143. The molecule has 192 valence electrons. The number of anilines is 2. The quantitative estimate of drug-likeness (QED) is 0.294. The van der Waals surface area contributed by atoms with Crippen molar-refractivity contribution in [3.63, 3.8) is 0 Å². The van der Waals surface area contributed by atoms with E-state index in [-0.39, 0.29) is 17.6 Å². The summed E-state index contributed by atoms with van der Waals surface area (Å²) in [5.74, 6) is 1.47. The zero-order valence-electron chi connectivity index (χ0n) is 18.7. The molecule has 2 N–H and O–H groups in total. The van der Waals surface area contributed by atoms with Gasteiger partial charge in [0.1, 0.15) is 11.6 Å². The normalized spacial score (nSPS) is 11.8. The van der Waals surface area contributed by atoms with E-state index in [0.29, 0.717) is 29.5 Å². The van der Waals surface area contributed by atoms with Crippen molar-refractivity contribution >= 4 is 17.4 Å².